The monoisotopic (exact) mass is 949 g/mol. The zero-order valence-electron chi connectivity index (χ0n) is 44.9. The van der Waals surface area contributed by atoms with Crippen LogP contribution in [0.4, 0.5) is 0 Å². The van der Waals surface area contributed by atoms with Crippen molar-refractivity contribution in [2.75, 3.05) is 13.2 Å². The second kappa shape index (κ2) is 56.4. The van der Waals surface area contributed by atoms with E-state index in [1.807, 2.05) is 0 Å². The number of hydrogen-bond acceptors (Lipinski definition) is 6. The molecule has 0 saturated heterocycles. The molecule has 6 nitrogen and oxygen atoms in total. The van der Waals surface area contributed by atoms with Crippen LogP contribution in [0.5, 0.6) is 0 Å². The van der Waals surface area contributed by atoms with Crippen LogP contribution in [0.1, 0.15) is 284 Å². The Kier molecular flexibility index (Phi) is 53.8. The lowest BCUT2D eigenvalue weighted by atomic mass is 10.0. The first-order valence-electron chi connectivity index (χ1n) is 28.9. The fraction of sp³-hybridized carbons (Fsp3) is 0.758. The van der Waals surface area contributed by atoms with Crippen molar-refractivity contribution in [1.82, 2.24) is 0 Å². The third-order valence-electron chi connectivity index (χ3n) is 12.4. The van der Waals surface area contributed by atoms with Gasteiger partial charge in [-0.25, -0.2) is 0 Å². The van der Waals surface area contributed by atoms with E-state index in [0.29, 0.717) is 19.3 Å². The summed E-state index contributed by atoms with van der Waals surface area (Å²) < 4.78 is 16.8. The molecule has 0 aromatic heterocycles. The van der Waals surface area contributed by atoms with Crippen molar-refractivity contribution < 1.29 is 28.6 Å². The molecule has 0 bridgehead atoms. The largest absolute Gasteiger partial charge is 0.462 e. The summed E-state index contributed by atoms with van der Waals surface area (Å²) in [7, 11) is 0. The number of esters is 3. The number of unbranched alkanes of at least 4 members (excludes halogenated alkanes) is 29. The molecular formula is C62H108O6. The molecule has 0 spiro atoms. The zero-order valence-corrected chi connectivity index (χ0v) is 44.9. The first-order valence-corrected chi connectivity index (χ1v) is 28.9. The predicted molar refractivity (Wildman–Crippen MR) is 293 cm³/mol. The first kappa shape index (κ1) is 64.8. The van der Waals surface area contributed by atoms with Gasteiger partial charge in [0.25, 0.3) is 0 Å². The van der Waals surface area contributed by atoms with Crippen LogP contribution in [-0.2, 0) is 28.6 Å². The number of carbonyl (C=O) groups is 3. The van der Waals surface area contributed by atoms with Crippen LogP contribution in [-0.4, -0.2) is 37.2 Å². The van der Waals surface area contributed by atoms with Gasteiger partial charge in [-0.15, -0.1) is 0 Å². The number of allylic oxidation sites excluding steroid dienone is 12. The van der Waals surface area contributed by atoms with E-state index in [2.05, 4.69) is 93.7 Å². The highest BCUT2D eigenvalue weighted by molar-refractivity contribution is 5.71. The second-order valence-corrected chi connectivity index (χ2v) is 19.2. The van der Waals surface area contributed by atoms with E-state index in [4.69, 9.17) is 14.2 Å². The van der Waals surface area contributed by atoms with Gasteiger partial charge in [0.05, 0.1) is 0 Å². The summed E-state index contributed by atoms with van der Waals surface area (Å²) in [5.74, 6) is -0.893. The average Bonchev–Trinajstić information content (AvgIpc) is 3.34. The van der Waals surface area contributed by atoms with E-state index in [1.54, 1.807) is 0 Å². The minimum Gasteiger partial charge on any atom is -0.462 e. The zero-order chi connectivity index (χ0) is 49.3. The summed E-state index contributed by atoms with van der Waals surface area (Å²) in [6.45, 7) is 6.49. The molecule has 0 amide bonds. The van der Waals surface area contributed by atoms with Gasteiger partial charge in [-0.2, -0.15) is 0 Å². The third-order valence-corrected chi connectivity index (χ3v) is 12.4. The van der Waals surface area contributed by atoms with Crippen molar-refractivity contribution in [2.24, 2.45) is 0 Å². The molecule has 0 N–H and O–H groups in total. The molecular weight excluding hydrogens is 841 g/mol. The van der Waals surface area contributed by atoms with E-state index >= 15 is 0 Å². The van der Waals surface area contributed by atoms with Crippen molar-refractivity contribution in [1.29, 1.82) is 0 Å². The Hall–Kier alpha value is -3.15. The van der Waals surface area contributed by atoms with E-state index < -0.39 is 6.10 Å². The van der Waals surface area contributed by atoms with Gasteiger partial charge in [-0.1, -0.05) is 248 Å². The van der Waals surface area contributed by atoms with E-state index in [9.17, 15) is 14.4 Å². The summed E-state index contributed by atoms with van der Waals surface area (Å²) in [5.41, 5.74) is 0. The number of hydrogen-bond donors (Lipinski definition) is 0. The van der Waals surface area contributed by atoms with Crippen LogP contribution in [0.3, 0.4) is 0 Å². The fourth-order valence-corrected chi connectivity index (χ4v) is 8.11. The molecule has 0 heterocycles. The Labute approximate surface area is 421 Å². The summed E-state index contributed by atoms with van der Waals surface area (Å²) >= 11 is 0. The Balaban J connectivity index is 4.24. The number of rotatable bonds is 52. The Bertz CT molecular complexity index is 1270. The van der Waals surface area contributed by atoms with Crippen LogP contribution in [0.15, 0.2) is 72.9 Å². The molecule has 0 aliphatic rings. The predicted octanol–water partition coefficient (Wildman–Crippen LogP) is 19.4. The molecule has 0 aromatic rings. The molecule has 0 aromatic carbocycles. The Morgan fingerprint density at radius 2 is 0.574 bits per heavy atom. The van der Waals surface area contributed by atoms with Crippen LogP contribution in [0, 0.1) is 0 Å². The topological polar surface area (TPSA) is 78.9 Å². The Morgan fingerprint density at radius 3 is 0.897 bits per heavy atom. The summed E-state index contributed by atoms with van der Waals surface area (Å²) in [6.07, 6.45) is 71.9. The van der Waals surface area contributed by atoms with Gasteiger partial charge in [0.15, 0.2) is 6.10 Å². The normalized spacial score (nSPS) is 12.6. The molecule has 6 heteroatoms. The smallest absolute Gasteiger partial charge is 0.306 e. The van der Waals surface area contributed by atoms with Gasteiger partial charge in [0.1, 0.15) is 13.2 Å². The van der Waals surface area contributed by atoms with Crippen LogP contribution >= 0.6 is 0 Å². The minimum absolute atomic E-state index is 0.0804. The van der Waals surface area contributed by atoms with E-state index in [0.717, 1.165) is 103 Å². The quantitative estimate of drug-likeness (QED) is 0.0262. The molecule has 0 aliphatic heterocycles. The highest BCUT2D eigenvalue weighted by Crippen LogP contribution is 2.15. The molecule has 1 atom stereocenters. The van der Waals surface area contributed by atoms with Gasteiger partial charge in [0, 0.05) is 19.3 Å². The van der Waals surface area contributed by atoms with Gasteiger partial charge in [0.2, 0.25) is 0 Å². The maximum Gasteiger partial charge on any atom is 0.306 e. The molecule has 0 fully saturated rings. The highest BCUT2D eigenvalue weighted by atomic mass is 16.6. The summed E-state index contributed by atoms with van der Waals surface area (Å²) in [6, 6.07) is 0. The van der Waals surface area contributed by atoms with Gasteiger partial charge >= 0.3 is 17.9 Å². The lowest BCUT2D eigenvalue weighted by Crippen LogP contribution is -2.30. The van der Waals surface area contributed by atoms with Crippen molar-refractivity contribution in [3.8, 4) is 0 Å². The van der Waals surface area contributed by atoms with Gasteiger partial charge in [-0.3, -0.25) is 14.4 Å². The maximum absolute atomic E-state index is 12.8. The maximum atomic E-state index is 12.8. The van der Waals surface area contributed by atoms with E-state index in [1.165, 1.54) is 141 Å². The number of ether oxygens (including phenoxy) is 3. The van der Waals surface area contributed by atoms with Crippen LogP contribution in [0.25, 0.3) is 0 Å². The minimum atomic E-state index is -0.781. The van der Waals surface area contributed by atoms with Crippen LogP contribution in [0.2, 0.25) is 0 Å². The molecule has 392 valence electrons. The standard InChI is InChI=1S/C62H108O6/c1-4-7-10-13-16-19-21-23-25-27-29-30-31-32-34-35-37-39-41-43-46-49-52-55-61(64)67-58-59(57-66-60(63)54-51-48-45-18-15-12-9-6-3)68-62(65)56-53-50-47-44-42-40-38-36-33-28-26-24-22-20-17-14-11-8-5-2/h8,11,17,20-21,23-24,26-27,29,33,36,59H,4-7,9-10,12-16,18-19,22,25,28,30-32,34-35,37-58H2,1-3H3/b11-8-,20-17-,23-21-,26-24-,29-27-,36-33-. The molecule has 68 heavy (non-hydrogen) atoms. The highest BCUT2D eigenvalue weighted by Gasteiger charge is 2.19. The SMILES string of the molecule is CC/C=C\C/C=C\C/C=C\C/C=C\CCCCCCCCC(=O)OC(COC(=O)CCCCCCCCCC)COC(=O)CCCCCCCCCCCCC/C=C\C/C=C\CCCCCCC. The average molecular weight is 950 g/mol. The number of carbonyl (C=O) groups excluding carboxylic acids is 3. The second-order valence-electron chi connectivity index (χ2n) is 19.2. The molecule has 0 radical (unpaired) electrons. The first-order chi connectivity index (χ1) is 33.5. The fourth-order valence-electron chi connectivity index (χ4n) is 8.11. The van der Waals surface area contributed by atoms with Crippen molar-refractivity contribution in [3.05, 3.63) is 72.9 Å². The summed E-state index contributed by atoms with van der Waals surface area (Å²) in [4.78, 5) is 38.0. The molecule has 0 saturated carbocycles. The Morgan fingerprint density at radius 1 is 0.309 bits per heavy atom. The van der Waals surface area contributed by atoms with Gasteiger partial charge < -0.3 is 14.2 Å². The van der Waals surface area contributed by atoms with Gasteiger partial charge in [-0.05, 0) is 89.9 Å². The molecule has 1 unspecified atom stereocenters. The summed E-state index contributed by atoms with van der Waals surface area (Å²) in [5, 5.41) is 0. The van der Waals surface area contributed by atoms with Crippen molar-refractivity contribution >= 4 is 17.9 Å². The molecule has 0 rings (SSSR count). The van der Waals surface area contributed by atoms with E-state index in [-0.39, 0.29) is 31.1 Å². The molecule has 0 aliphatic carbocycles. The van der Waals surface area contributed by atoms with Crippen molar-refractivity contribution in [3.63, 3.8) is 0 Å². The lowest BCUT2D eigenvalue weighted by molar-refractivity contribution is -0.167. The third kappa shape index (κ3) is 53.8. The lowest BCUT2D eigenvalue weighted by Gasteiger charge is -2.18. The van der Waals surface area contributed by atoms with Crippen molar-refractivity contribution in [2.45, 2.75) is 290 Å². The van der Waals surface area contributed by atoms with Crippen LogP contribution < -0.4 is 0 Å².